The summed E-state index contributed by atoms with van der Waals surface area (Å²) in [6.07, 6.45) is 1.48. The maximum atomic E-state index is 12.9. The Kier molecular flexibility index (Phi) is 7.51. The molecule has 10 nitrogen and oxygen atoms in total. The van der Waals surface area contributed by atoms with Crippen LogP contribution in [0.1, 0.15) is 19.6 Å². The summed E-state index contributed by atoms with van der Waals surface area (Å²) in [6, 6.07) is 3.40. The lowest BCUT2D eigenvalue weighted by atomic mass is 9.80. The number of esters is 3. The van der Waals surface area contributed by atoms with Gasteiger partial charge >= 0.3 is 17.9 Å². The molecule has 2 heterocycles. The van der Waals surface area contributed by atoms with E-state index >= 15 is 0 Å². The number of carbonyl (C=O) groups excluding carboxylic acids is 4. The Labute approximate surface area is 173 Å². The van der Waals surface area contributed by atoms with Crippen LogP contribution in [0, 0.1) is 11.8 Å². The summed E-state index contributed by atoms with van der Waals surface area (Å²) in [6.45, 7) is 2.67. The van der Waals surface area contributed by atoms with Gasteiger partial charge in [0.25, 0.3) is 5.91 Å². The number of furan rings is 1. The van der Waals surface area contributed by atoms with E-state index in [0.717, 1.165) is 14.2 Å². The number of carbonyl (C=O) groups is 4. The van der Waals surface area contributed by atoms with Crippen molar-refractivity contribution in [1.29, 1.82) is 0 Å². The highest BCUT2D eigenvalue weighted by molar-refractivity contribution is 6.10. The molecule has 0 bridgehead atoms. The van der Waals surface area contributed by atoms with Gasteiger partial charge in [-0.3, -0.25) is 19.4 Å². The van der Waals surface area contributed by atoms with Crippen LogP contribution in [0.3, 0.4) is 0 Å². The van der Waals surface area contributed by atoms with E-state index in [-0.39, 0.29) is 23.5 Å². The van der Waals surface area contributed by atoms with Gasteiger partial charge in [-0.15, -0.1) is 0 Å². The number of rotatable bonds is 7. The molecular formula is C20H24N2O8. The minimum absolute atomic E-state index is 0.111. The second-order valence-electron chi connectivity index (χ2n) is 6.66. The molecule has 1 aliphatic rings. The molecule has 0 aliphatic carbocycles. The van der Waals surface area contributed by atoms with Gasteiger partial charge in [0.2, 0.25) is 0 Å². The molecule has 0 aromatic carbocycles. The fraction of sp³-hybridized carbons (Fsp3) is 0.450. The fourth-order valence-electron chi connectivity index (χ4n) is 3.16. The maximum absolute atomic E-state index is 12.9. The zero-order valence-electron chi connectivity index (χ0n) is 17.5. The average molecular weight is 420 g/mol. The molecule has 0 saturated carbocycles. The maximum Gasteiger partial charge on any atom is 0.336 e. The minimum Gasteiger partial charge on any atom is -0.468 e. The van der Waals surface area contributed by atoms with Crippen molar-refractivity contribution in [3.05, 3.63) is 35.4 Å². The molecule has 0 radical (unpaired) electrons. The van der Waals surface area contributed by atoms with Gasteiger partial charge in [-0.1, -0.05) is 0 Å². The molecule has 30 heavy (non-hydrogen) atoms. The number of likely N-dealkylation sites (N-methyl/N-ethyl adjacent to an activating group) is 1. The summed E-state index contributed by atoms with van der Waals surface area (Å²) in [4.78, 5) is 55.3. The van der Waals surface area contributed by atoms with Gasteiger partial charge in [-0.25, -0.2) is 4.79 Å². The number of methoxy groups -OCH3 is 2. The first-order valence-corrected chi connectivity index (χ1v) is 9.06. The van der Waals surface area contributed by atoms with E-state index < -0.39 is 42.3 Å². The highest BCUT2D eigenvalue weighted by Gasteiger charge is 2.46. The van der Waals surface area contributed by atoms with Crippen molar-refractivity contribution in [3.63, 3.8) is 0 Å². The van der Waals surface area contributed by atoms with Crippen molar-refractivity contribution in [2.75, 3.05) is 27.9 Å². The molecule has 1 amide bonds. The van der Waals surface area contributed by atoms with Crippen molar-refractivity contribution >= 4 is 29.5 Å². The number of aliphatic imine (C=N–C) groups is 1. The zero-order valence-corrected chi connectivity index (χ0v) is 17.5. The monoisotopic (exact) mass is 420 g/mol. The number of ether oxygens (including phenoxy) is 3. The van der Waals surface area contributed by atoms with Gasteiger partial charge in [0.05, 0.1) is 32.6 Å². The highest BCUT2D eigenvalue weighted by atomic mass is 16.5. The molecule has 162 valence electrons. The lowest BCUT2D eigenvalue weighted by Crippen LogP contribution is -2.43. The number of nitrogens with zero attached hydrogens (tertiary/aromatic N) is 2. The van der Waals surface area contributed by atoms with Crippen LogP contribution in [0.5, 0.6) is 0 Å². The first-order valence-electron chi connectivity index (χ1n) is 9.06. The number of hydrogen-bond acceptors (Lipinski definition) is 9. The Hall–Kier alpha value is -3.43. The van der Waals surface area contributed by atoms with Crippen LogP contribution < -0.4 is 0 Å². The number of hydrogen-bond donors (Lipinski definition) is 0. The van der Waals surface area contributed by atoms with Gasteiger partial charge in [-0.2, -0.15) is 0 Å². The van der Waals surface area contributed by atoms with Crippen molar-refractivity contribution in [2.45, 2.75) is 20.4 Å². The SMILES string of the molecule is COC(=O)C1=C(C)N=C(C)C(C(=O)OC)[C@@H]1C(=O)OCC(=O)N(C)Cc1ccco1. The average Bonchev–Trinajstić information content (AvgIpc) is 3.22. The van der Waals surface area contributed by atoms with Crippen LogP contribution in [0.2, 0.25) is 0 Å². The van der Waals surface area contributed by atoms with E-state index in [9.17, 15) is 19.2 Å². The van der Waals surface area contributed by atoms with Gasteiger partial charge in [0.15, 0.2) is 6.61 Å². The summed E-state index contributed by atoms with van der Waals surface area (Å²) in [5, 5.41) is 0. The van der Waals surface area contributed by atoms with E-state index in [0.29, 0.717) is 5.76 Å². The van der Waals surface area contributed by atoms with Crippen molar-refractivity contribution < 1.29 is 37.8 Å². The Morgan fingerprint density at radius 2 is 1.80 bits per heavy atom. The van der Waals surface area contributed by atoms with E-state index in [2.05, 4.69) is 4.99 Å². The fourth-order valence-corrected chi connectivity index (χ4v) is 3.16. The predicted molar refractivity (Wildman–Crippen MR) is 103 cm³/mol. The molecule has 0 spiro atoms. The zero-order chi connectivity index (χ0) is 22.4. The van der Waals surface area contributed by atoms with Crippen molar-refractivity contribution in [1.82, 2.24) is 4.90 Å². The summed E-state index contributed by atoms with van der Waals surface area (Å²) in [5.74, 6) is -4.94. The smallest absolute Gasteiger partial charge is 0.336 e. The van der Waals surface area contributed by atoms with Crippen molar-refractivity contribution in [2.24, 2.45) is 16.8 Å². The van der Waals surface area contributed by atoms with Crippen LogP contribution >= 0.6 is 0 Å². The quantitative estimate of drug-likeness (QED) is 0.474. The molecule has 1 aliphatic heterocycles. The molecule has 0 N–H and O–H groups in total. The van der Waals surface area contributed by atoms with Crippen LogP contribution in [-0.4, -0.2) is 62.3 Å². The second kappa shape index (κ2) is 9.86. The normalized spacial score (nSPS) is 18.4. The van der Waals surface area contributed by atoms with Gasteiger partial charge in [-0.05, 0) is 26.0 Å². The molecule has 1 unspecified atom stereocenters. The Balaban J connectivity index is 2.19. The van der Waals surface area contributed by atoms with Crippen LogP contribution in [0.25, 0.3) is 0 Å². The van der Waals surface area contributed by atoms with Crippen LogP contribution in [0.15, 0.2) is 39.1 Å². The van der Waals surface area contributed by atoms with E-state index in [1.807, 2.05) is 0 Å². The predicted octanol–water partition coefficient (Wildman–Crippen LogP) is 1.11. The van der Waals surface area contributed by atoms with E-state index in [4.69, 9.17) is 18.6 Å². The lowest BCUT2D eigenvalue weighted by Gasteiger charge is -2.29. The first kappa shape index (κ1) is 22.9. The third-order valence-corrected chi connectivity index (χ3v) is 4.68. The highest BCUT2D eigenvalue weighted by Crippen LogP contribution is 2.33. The van der Waals surface area contributed by atoms with Crippen LogP contribution in [-0.2, 0) is 39.9 Å². The minimum atomic E-state index is -1.34. The van der Waals surface area contributed by atoms with Gasteiger partial charge < -0.3 is 23.5 Å². The standard InChI is InChI=1S/C20H24N2O8/c1-11-15(18(24)27-4)17(16(12(2)21-11)19(25)28-5)20(26)30-10-14(23)22(3)9-13-7-6-8-29-13/h6-8,15,17H,9-10H2,1-5H3/t15?,17-/m0/s1. The molecule has 10 heteroatoms. The second-order valence-corrected chi connectivity index (χ2v) is 6.66. The molecule has 0 saturated heterocycles. The molecule has 0 fully saturated rings. The molecule has 1 aromatic heterocycles. The van der Waals surface area contributed by atoms with Gasteiger partial charge in [0, 0.05) is 18.5 Å². The van der Waals surface area contributed by atoms with E-state index in [1.165, 1.54) is 25.1 Å². The number of allylic oxidation sites excluding steroid dienone is 1. The summed E-state index contributed by atoms with van der Waals surface area (Å²) < 4.78 is 19.9. The molecule has 2 rings (SSSR count). The Morgan fingerprint density at radius 1 is 1.10 bits per heavy atom. The van der Waals surface area contributed by atoms with E-state index in [1.54, 1.807) is 19.1 Å². The molecular weight excluding hydrogens is 396 g/mol. The first-order chi connectivity index (χ1) is 14.2. The van der Waals surface area contributed by atoms with Gasteiger partial charge in [0.1, 0.15) is 17.6 Å². The Bertz CT molecular complexity index is 885. The largest absolute Gasteiger partial charge is 0.468 e. The molecule has 1 aromatic rings. The van der Waals surface area contributed by atoms with Crippen molar-refractivity contribution in [3.8, 4) is 0 Å². The third-order valence-electron chi connectivity index (χ3n) is 4.68. The summed E-state index contributed by atoms with van der Waals surface area (Å²) in [7, 11) is 3.84. The number of amides is 1. The summed E-state index contributed by atoms with van der Waals surface area (Å²) >= 11 is 0. The molecule has 2 atom stereocenters. The Morgan fingerprint density at radius 3 is 2.37 bits per heavy atom. The summed E-state index contributed by atoms with van der Waals surface area (Å²) in [5.41, 5.74) is 0.401. The lowest BCUT2D eigenvalue weighted by molar-refractivity contribution is -0.160. The van der Waals surface area contributed by atoms with Crippen LogP contribution in [0.4, 0.5) is 0 Å². The topological polar surface area (TPSA) is 125 Å². The third kappa shape index (κ3) is 4.94.